The summed E-state index contributed by atoms with van der Waals surface area (Å²) in [4.78, 5) is 34.9. The highest BCUT2D eigenvalue weighted by atomic mass is 79.9. The summed E-state index contributed by atoms with van der Waals surface area (Å²) in [5.41, 5.74) is 1.74. The van der Waals surface area contributed by atoms with Crippen LogP contribution in [0.15, 0.2) is 71.2 Å². The van der Waals surface area contributed by atoms with Crippen LogP contribution in [0.4, 0.5) is 11.4 Å². The van der Waals surface area contributed by atoms with E-state index in [1.807, 2.05) is 44.2 Å². The van der Waals surface area contributed by atoms with E-state index in [1.54, 1.807) is 41.5 Å². The number of nitrogens with zero attached hydrogens (tertiary/aromatic N) is 2. The maximum atomic E-state index is 13.9. The molecular formula is C27H25BrN2O6. The number of para-hydroxylation sites is 3. The van der Waals surface area contributed by atoms with Crippen molar-refractivity contribution in [2.45, 2.75) is 26.0 Å². The average molecular weight is 553 g/mol. The minimum Gasteiger partial charge on any atom is -0.503 e. The predicted molar refractivity (Wildman–Crippen MR) is 137 cm³/mol. The van der Waals surface area contributed by atoms with E-state index in [4.69, 9.17) is 14.3 Å². The van der Waals surface area contributed by atoms with Crippen LogP contribution in [0, 0.1) is 5.92 Å². The minimum absolute atomic E-state index is 0.0385. The van der Waals surface area contributed by atoms with Crippen LogP contribution >= 0.6 is 15.9 Å². The number of hydrogen-bond donors (Lipinski definition) is 1. The molecule has 0 aliphatic carbocycles. The SMILES string of the molecule is CCOc1ccccc1N1C(=O)[C@@H]2[C@@H](ON(c3ccccc3)[C@H]2c2cc(Br)c(O)c(OCC)c2)C1=O. The maximum Gasteiger partial charge on any atom is 0.266 e. The number of imide groups is 1. The summed E-state index contributed by atoms with van der Waals surface area (Å²) in [5.74, 6) is -0.995. The topological polar surface area (TPSA) is 88.5 Å². The largest absolute Gasteiger partial charge is 0.503 e. The summed E-state index contributed by atoms with van der Waals surface area (Å²) in [6.07, 6.45) is -1.03. The van der Waals surface area contributed by atoms with Gasteiger partial charge in [0.05, 0.1) is 35.1 Å². The van der Waals surface area contributed by atoms with Gasteiger partial charge < -0.3 is 14.6 Å². The van der Waals surface area contributed by atoms with E-state index in [2.05, 4.69) is 15.9 Å². The third-order valence-corrected chi connectivity index (χ3v) is 6.83. The first-order valence-electron chi connectivity index (χ1n) is 11.7. The van der Waals surface area contributed by atoms with Crippen molar-refractivity contribution in [3.05, 3.63) is 76.8 Å². The first-order chi connectivity index (χ1) is 17.5. The van der Waals surface area contributed by atoms with Crippen LogP contribution in [-0.4, -0.2) is 36.2 Å². The van der Waals surface area contributed by atoms with Gasteiger partial charge in [0.15, 0.2) is 17.6 Å². The smallest absolute Gasteiger partial charge is 0.266 e. The second kappa shape index (κ2) is 9.83. The van der Waals surface area contributed by atoms with E-state index in [-0.39, 0.29) is 17.4 Å². The highest BCUT2D eigenvalue weighted by molar-refractivity contribution is 9.10. The fourth-order valence-electron chi connectivity index (χ4n) is 4.74. The lowest BCUT2D eigenvalue weighted by Crippen LogP contribution is -2.37. The molecule has 186 valence electrons. The van der Waals surface area contributed by atoms with Crippen molar-refractivity contribution >= 4 is 39.1 Å². The number of halogens is 1. The Bertz CT molecular complexity index is 1300. The van der Waals surface area contributed by atoms with Gasteiger partial charge >= 0.3 is 0 Å². The van der Waals surface area contributed by atoms with Crippen LogP contribution in [0.25, 0.3) is 0 Å². The number of aromatic hydroxyl groups is 1. The number of hydroxylamine groups is 1. The van der Waals surface area contributed by atoms with E-state index in [0.29, 0.717) is 40.4 Å². The highest BCUT2D eigenvalue weighted by Gasteiger charge is 2.60. The third-order valence-electron chi connectivity index (χ3n) is 6.22. The van der Waals surface area contributed by atoms with E-state index in [0.717, 1.165) is 4.90 Å². The quantitative estimate of drug-likeness (QED) is 0.412. The molecule has 3 aromatic rings. The second-order valence-corrected chi connectivity index (χ2v) is 9.21. The molecule has 0 radical (unpaired) electrons. The molecule has 0 bridgehead atoms. The van der Waals surface area contributed by atoms with Crippen LogP contribution in [0.1, 0.15) is 25.5 Å². The van der Waals surface area contributed by atoms with Gasteiger partial charge in [0.25, 0.3) is 5.91 Å². The summed E-state index contributed by atoms with van der Waals surface area (Å²) in [5, 5.41) is 12.1. The summed E-state index contributed by atoms with van der Waals surface area (Å²) >= 11 is 3.40. The van der Waals surface area contributed by atoms with Gasteiger partial charge in [-0.3, -0.25) is 14.4 Å². The zero-order valence-electron chi connectivity index (χ0n) is 19.8. The van der Waals surface area contributed by atoms with Crippen molar-refractivity contribution in [3.8, 4) is 17.2 Å². The van der Waals surface area contributed by atoms with E-state index < -0.39 is 24.0 Å². The van der Waals surface area contributed by atoms with Gasteiger partial charge in [-0.15, -0.1) is 0 Å². The number of carbonyl (C=O) groups is 2. The normalized spacial score (nSPS) is 21.1. The number of rotatable bonds is 7. The molecule has 2 heterocycles. The van der Waals surface area contributed by atoms with Gasteiger partial charge in [-0.2, -0.15) is 0 Å². The van der Waals surface area contributed by atoms with E-state index in [1.165, 1.54) is 0 Å². The van der Waals surface area contributed by atoms with Crippen LogP contribution < -0.4 is 19.4 Å². The van der Waals surface area contributed by atoms with Crippen molar-refractivity contribution in [1.29, 1.82) is 0 Å². The van der Waals surface area contributed by atoms with Crippen LogP contribution in [0.3, 0.4) is 0 Å². The molecule has 0 saturated carbocycles. The van der Waals surface area contributed by atoms with Gasteiger partial charge in [0.1, 0.15) is 11.7 Å². The van der Waals surface area contributed by atoms with Crippen LogP contribution in [-0.2, 0) is 14.4 Å². The first-order valence-corrected chi connectivity index (χ1v) is 12.5. The Kier molecular flexibility index (Phi) is 6.59. The number of hydrogen-bond acceptors (Lipinski definition) is 7. The molecule has 0 spiro atoms. The Balaban J connectivity index is 1.62. The molecule has 0 unspecified atom stereocenters. The second-order valence-electron chi connectivity index (χ2n) is 8.35. The lowest BCUT2D eigenvalue weighted by atomic mass is 9.90. The lowest BCUT2D eigenvalue weighted by molar-refractivity contribution is -0.126. The fourth-order valence-corrected chi connectivity index (χ4v) is 5.20. The summed E-state index contributed by atoms with van der Waals surface area (Å²) in [6.45, 7) is 4.40. The number of anilines is 2. The molecule has 8 nitrogen and oxygen atoms in total. The van der Waals surface area contributed by atoms with Gasteiger partial charge in [0, 0.05) is 0 Å². The first kappa shape index (κ1) is 24.1. The van der Waals surface area contributed by atoms with Crippen molar-refractivity contribution in [2.24, 2.45) is 5.92 Å². The van der Waals surface area contributed by atoms with Crippen molar-refractivity contribution in [3.63, 3.8) is 0 Å². The Labute approximate surface area is 217 Å². The summed E-state index contributed by atoms with van der Waals surface area (Å²) in [6, 6.07) is 19.0. The molecular weight excluding hydrogens is 528 g/mol. The standard InChI is InChI=1S/C27H25BrN2O6/c1-3-34-20-13-9-8-12-19(20)29-26(32)22-23(16-14-18(28)24(31)21(15-16)35-4-2)30(36-25(22)27(29)33)17-10-6-5-7-11-17/h5-15,22-23,25,31H,3-4H2,1-2H3/t22-,23-,25+/m0/s1. The van der Waals surface area contributed by atoms with Crippen molar-refractivity contribution in [1.82, 2.24) is 0 Å². The van der Waals surface area contributed by atoms with Gasteiger partial charge in [-0.05, 0) is 71.7 Å². The molecule has 2 saturated heterocycles. The number of phenolic OH excluding ortho intramolecular Hbond substituents is 1. The molecule has 3 atom stereocenters. The number of carbonyl (C=O) groups excluding carboxylic acids is 2. The predicted octanol–water partition coefficient (Wildman–Crippen LogP) is 5.00. The van der Waals surface area contributed by atoms with Gasteiger partial charge in [-0.25, -0.2) is 9.96 Å². The molecule has 2 fully saturated rings. The van der Waals surface area contributed by atoms with E-state index in [9.17, 15) is 14.7 Å². The minimum atomic E-state index is -1.03. The molecule has 9 heteroatoms. The monoisotopic (exact) mass is 552 g/mol. The van der Waals surface area contributed by atoms with Crippen LogP contribution in [0.5, 0.6) is 17.2 Å². The third kappa shape index (κ3) is 3.98. The highest BCUT2D eigenvalue weighted by Crippen LogP contribution is 2.50. The number of phenols is 1. The van der Waals surface area contributed by atoms with Gasteiger partial charge in [0.2, 0.25) is 5.91 Å². The Hall–Kier alpha value is -3.56. The number of ether oxygens (including phenoxy) is 2. The molecule has 2 aliphatic heterocycles. The number of amides is 2. The molecule has 5 rings (SSSR count). The molecule has 1 N–H and O–H groups in total. The summed E-state index contributed by atoms with van der Waals surface area (Å²) < 4.78 is 11.7. The lowest BCUT2D eigenvalue weighted by Gasteiger charge is -2.29. The Morgan fingerprint density at radius 1 is 0.917 bits per heavy atom. The molecule has 2 aliphatic rings. The van der Waals surface area contributed by atoms with Crippen LogP contribution in [0.2, 0.25) is 0 Å². The Morgan fingerprint density at radius 2 is 1.58 bits per heavy atom. The molecule has 3 aromatic carbocycles. The van der Waals surface area contributed by atoms with Crippen molar-refractivity contribution in [2.75, 3.05) is 23.2 Å². The molecule has 36 heavy (non-hydrogen) atoms. The summed E-state index contributed by atoms with van der Waals surface area (Å²) in [7, 11) is 0. The number of benzene rings is 3. The van der Waals surface area contributed by atoms with Gasteiger partial charge in [-0.1, -0.05) is 30.3 Å². The van der Waals surface area contributed by atoms with Crippen molar-refractivity contribution < 1.29 is 29.0 Å². The zero-order valence-corrected chi connectivity index (χ0v) is 21.3. The zero-order chi connectivity index (χ0) is 25.4. The Morgan fingerprint density at radius 3 is 2.31 bits per heavy atom. The number of fused-ring (bicyclic) bond motifs is 1. The average Bonchev–Trinajstić information content (AvgIpc) is 3.39. The molecule has 0 aromatic heterocycles. The fraction of sp³-hybridized carbons (Fsp3) is 0.259. The van der Waals surface area contributed by atoms with E-state index >= 15 is 0 Å². The molecule has 2 amide bonds. The maximum absolute atomic E-state index is 13.9.